The molecule has 13 heavy (non-hydrogen) atoms. The summed E-state index contributed by atoms with van der Waals surface area (Å²) in [4.78, 5) is 3.52. The number of anilines is 1. The average Bonchev–Trinajstić information content (AvgIpc) is 2.08. The summed E-state index contributed by atoms with van der Waals surface area (Å²) in [6, 6.07) is 6.63. The molecule has 0 radical (unpaired) electrons. The number of hydrogen-bond donors (Lipinski definition) is 0. The third-order valence-corrected chi connectivity index (χ3v) is 2.85. The fourth-order valence-corrected chi connectivity index (χ4v) is 2.02. The van der Waals surface area contributed by atoms with Gasteiger partial charge in [-0.3, -0.25) is 0 Å². The molecule has 0 spiro atoms. The smallest absolute Gasteiger partial charge is 0.0401 e. The first-order chi connectivity index (χ1) is 6.15. The fourth-order valence-electron chi connectivity index (χ4n) is 1.33. The second kappa shape index (κ2) is 4.56. The van der Waals surface area contributed by atoms with Gasteiger partial charge in [0, 0.05) is 24.7 Å². The highest BCUT2D eigenvalue weighted by Gasteiger charge is 2.01. The van der Waals surface area contributed by atoms with Crippen molar-refractivity contribution in [2.45, 2.75) is 18.7 Å². The van der Waals surface area contributed by atoms with Crippen molar-refractivity contribution in [2.24, 2.45) is 0 Å². The van der Waals surface area contributed by atoms with Crippen LogP contribution in [0.15, 0.2) is 23.1 Å². The Morgan fingerprint density at radius 1 is 1.31 bits per heavy atom. The lowest BCUT2D eigenvalue weighted by molar-refractivity contribution is 1.10. The summed E-state index contributed by atoms with van der Waals surface area (Å²) in [6.07, 6.45) is 0. The molecule has 0 unspecified atom stereocenters. The van der Waals surface area contributed by atoms with E-state index in [4.69, 9.17) is 0 Å². The molecule has 1 nitrogen and oxygen atoms in total. The van der Waals surface area contributed by atoms with Gasteiger partial charge >= 0.3 is 0 Å². The van der Waals surface area contributed by atoms with E-state index >= 15 is 0 Å². The maximum atomic E-state index is 2.25. The highest BCUT2D eigenvalue weighted by Crippen LogP contribution is 2.25. The number of rotatable bonds is 3. The van der Waals surface area contributed by atoms with Gasteiger partial charge in [0.05, 0.1) is 0 Å². The molecule has 0 aliphatic carbocycles. The number of nitrogens with zero attached hydrogens (tertiary/aromatic N) is 1. The molecule has 0 bridgehead atoms. The monoisotopic (exact) mass is 195 g/mol. The third-order valence-electron chi connectivity index (χ3n) is 1.97. The summed E-state index contributed by atoms with van der Waals surface area (Å²) in [6.45, 7) is 4.33. The van der Waals surface area contributed by atoms with Crippen LogP contribution in [0.3, 0.4) is 0 Å². The van der Waals surface area contributed by atoms with Crippen LogP contribution in [0.1, 0.15) is 12.5 Å². The predicted octanol–water partition coefficient (Wildman–Crippen LogP) is 3.17. The van der Waals surface area contributed by atoms with Crippen molar-refractivity contribution in [3.05, 3.63) is 23.8 Å². The van der Waals surface area contributed by atoms with Crippen LogP contribution in [0, 0.1) is 6.92 Å². The summed E-state index contributed by atoms with van der Waals surface area (Å²) >= 11 is 1.89. The molecule has 1 aromatic carbocycles. The van der Waals surface area contributed by atoms with Crippen molar-refractivity contribution >= 4 is 17.4 Å². The molecule has 0 saturated carbocycles. The zero-order valence-electron chi connectivity index (χ0n) is 8.79. The molecule has 0 amide bonds. The second-order valence-electron chi connectivity index (χ2n) is 3.28. The van der Waals surface area contributed by atoms with E-state index in [1.165, 1.54) is 16.1 Å². The molecule has 0 fully saturated rings. The SMILES string of the molecule is CCSc1ccc(C)c(N(C)C)c1. The average molecular weight is 195 g/mol. The van der Waals surface area contributed by atoms with E-state index in [1.807, 2.05) is 11.8 Å². The van der Waals surface area contributed by atoms with E-state index in [-0.39, 0.29) is 0 Å². The number of aryl methyl sites for hydroxylation is 1. The van der Waals surface area contributed by atoms with Crippen molar-refractivity contribution < 1.29 is 0 Å². The molecule has 2 heteroatoms. The lowest BCUT2D eigenvalue weighted by Crippen LogP contribution is -2.10. The zero-order chi connectivity index (χ0) is 9.84. The van der Waals surface area contributed by atoms with Gasteiger partial charge in [-0.15, -0.1) is 11.8 Å². The van der Waals surface area contributed by atoms with Crippen LogP contribution >= 0.6 is 11.8 Å². The van der Waals surface area contributed by atoms with Gasteiger partial charge in [-0.25, -0.2) is 0 Å². The normalized spacial score (nSPS) is 10.2. The van der Waals surface area contributed by atoms with Gasteiger partial charge in [0.25, 0.3) is 0 Å². The summed E-state index contributed by atoms with van der Waals surface area (Å²) in [5, 5.41) is 0. The molecule has 0 aliphatic rings. The van der Waals surface area contributed by atoms with Crippen LogP contribution in [-0.2, 0) is 0 Å². The quantitative estimate of drug-likeness (QED) is 0.682. The lowest BCUT2D eigenvalue weighted by atomic mass is 10.2. The van der Waals surface area contributed by atoms with Crippen molar-refractivity contribution in [3.63, 3.8) is 0 Å². The van der Waals surface area contributed by atoms with Crippen LogP contribution in [0.5, 0.6) is 0 Å². The molecule has 1 rings (SSSR count). The molecule has 0 aliphatic heterocycles. The molecule has 0 atom stereocenters. The standard InChI is InChI=1S/C11H17NS/c1-5-13-10-7-6-9(2)11(8-10)12(3)4/h6-8H,5H2,1-4H3. The first-order valence-corrected chi connectivity index (χ1v) is 5.54. The second-order valence-corrected chi connectivity index (χ2v) is 4.61. The van der Waals surface area contributed by atoms with Crippen molar-refractivity contribution in [1.82, 2.24) is 0 Å². The molecule has 0 N–H and O–H groups in total. The van der Waals surface area contributed by atoms with Crippen molar-refractivity contribution in [1.29, 1.82) is 0 Å². The van der Waals surface area contributed by atoms with Crippen molar-refractivity contribution in [2.75, 3.05) is 24.7 Å². The van der Waals surface area contributed by atoms with E-state index in [1.54, 1.807) is 0 Å². The first-order valence-electron chi connectivity index (χ1n) is 4.56. The Morgan fingerprint density at radius 3 is 2.54 bits per heavy atom. The maximum Gasteiger partial charge on any atom is 0.0401 e. The van der Waals surface area contributed by atoms with E-state index in [0.717, 1.165) is 5.75 Å². The summed E-state index contributed by atoms with van der Waals surface area (Å²) < 4.78 is 0. The van der Waals surface area contributed by atoms with E-state index in [9.17, 15) is 0 Å². The van der Waals surface area contributed by atoms with E-state index in [2.05, 4.69) is 51.0 Å². The van der Waals surface area contributed by atoms with Gasteiger partial charge in [-0.2, -0.15) is 0 Å². The summed E-state index contributed by atoms with van der Waals surface area (Å²) in [7, 11) is 4.17. The number of thioether (sulfide) groups is 1. The summed E-state index contributed by atoms with van der Waals surface area (Å²) in [5.41, 5.74) is 2.66. The first kappa shape index (κ1) is 10.5. The Kier molecular flexibility index (Phi) is 3.67. The number of hydrogen-bond acceptors (Lipinski definition) is 2. The molecular weight excluding hydrogens is 178 g/mol. The highest BCUT2D eigenvalue weighted by atomic mass is 32.2. The molecule has 0 aromatic heterocycles. The molecule has 0 heterocycles. The third kappa shape index (κ3) is 2.66. The highest BCUT2D eigenvalue weighted by molar-refractivity contribution is 7.99. The minimum absolute atomic E-state index is 1.13. The van der Waals surface area contributed by atoms with Crippen LogP contribution in [0.2, 0.25) is 0 Å². The van der Waals surface area contributed by atoms with Gasteiger partial charge < -0.3 is 4.90 Å². The Bertz CT molecular complexity index is 281. The van der Waals surface area contributed by atoms with Gasteiger partial charge in [0.1, 0.15) is 0 Å². The molecule has 1 aromatic rings. The van der Waals surface area contributed by atoms with Crippen LogP contribution in [0.25, 0.3) is 0 Å². The van der Waals surface area contributed by atoms with E-state index < -0.39 is 0 Å². The van der Waals surface area contributed by atoms with Gasteiger partial charge in [-0.05, 0) is 30.4 Å². The van der Waals surface area contributed by atoms with Gasteiger partial charge in [0.2, 0.25) is 0 Å². The fraction of sp³-hybridized carbons (Fsp3) is 0.455. The van der Waals surface area contributed by atoms with Gasteiger partial charge in [0.15, 0.2) is 0 Å². The van der Waals surface area contributed by atoms with Crippen molar-refractivity contribution in [3.8, 4) is 0 Å². The molecular formula is C11H17NS. The topological polar surface area (TPSA) is 3.24 Å². The van der Waals surface area contributed by atoms with Crippen LogP contribution in [-0.4, -0.2) is 19.8 Å². The zero-order valence-corrected chi connectivity index (χ0v) is 9.61. The molecule has 0 saturated heterocycles. The minimum Gasteiger partial charge on any atom is -0.377 e. The Hall–Kier alpha value is -0.630. The Labute approximate surface area is 85.1 Å². The Balaban J connectivity index is 2.97. The lowest BCUT2D eigenvalue weighted by Gasteiger charge is -2.16. The maximum absolute atomic E-state index is 2.25. The van der Waals surface area contributed by atoms with Crippen LogP contribution in [0.4, 0.5) is 5.69 Å². The summed E-state index contributed by atoms with van der Waals surface area (Å²) in [5.74, 6) is 1.13. The van der Waals surface area contributed by atoms with Crippen LogP contribution < -0.4 is 4.90 Å². The predicted molar refractivity (Wildman–Crippen MR) is 61.9 cm³/mol. The largest absolute Gasteiger partial charge is 0.377 e. The minimum atomic E-state index is 1.13. The molecule has 72 valence electrons. The Morgan fingerprint density at radius 2 is 2.00 bits per heavy atom. The number of benzene rings is 1. The van der Waals surface area contributed by atoms with Gasteiger partial charge in [-0.1, -0.05) is 13.0 Å². The van der Waals surface area contributed by atoms with E-state index in [0.29, 0.717) is 0 Å².